The van der Waals surface area contributed by atoms with Crippen molar-refractivity contribution in [2.24, 2.45) is 0 Å². The molecule has 0 saturated heterocycles. The van der Waals surface area contributed by atoms with Gasteiger partial charge in [-0.15, -0.1) is 11.8 Å². The van der Waals surface area contributed by atoms with Gasteiger partial charge in [0.1, 0.15) is 5.82 Å². The Balaban J connectivity index is 2.95. The normalized spacial score (nSPS) is 10.9. The molecule has 0 heterocycles. The predicted molar refractivity (Wildman–Crippen MR) is 60.2 cm³/mol. The molecular formula is C11H16FNS. The van der Waals surface area contributed by atoms with Gasteiger partial charge >= 0.3 is 0 Å². The summed E-state index contributed by atoms with van der Waals surface area (Å²) in [6, 6.07) is 5.25. The first-order valence-electron chi connectivity index (χ1n) is 4.73. The van der Waals surface area contributed by atoms with Crippen molar-refractivity contribution in [1.29, 1.82) is 0 Å². The molecule has 0 fully saturated rings. The highest BCUT2D eigenvalue weighted by Gasteiger charge is 2.08. The van der Waals surface area contributed by atoms with Crippen LogP contribution in [-0.2, 0) is 6.54 Å². The average molecular weight is 213 g/mol. The standard InChI is InChI=1S/C11H16FNS/c1-8(2)14-11-6-4-5-10(12)9(11)7-13-3/h4-6,8,13H,7H2,1-3H3. The first-order chi connectivity index (χ1) is 6.65. The van der Waals surface area contributed by atoms with Crippen LogP contribution in [0, 0.1) is 5.82 Å². The lowest BCUT2D eigenvalue weighted by Gasteiger charge is -2.11. The molecule has 14 heavy (non-hydrogen) atoms. The van der Waals surface area contributed by atoms with E-state index in [1.165, 1.54) is 6.07 Å². The lowest BCUT2D eigenvalue weighted by atomic mass is 10.2. The molecule has 1 N–H and O–H groups in total. The highest BCUT2D eigenvalue weighted by molar-refractivity contribution is 8.00. The maximum Gasteiger partial charge on any atom is 0.128 e. The average Bonchev–Trinajstić information content (AvgIpc) is 2.10. The van der Waals surface area contributed by atoms with Crippen molar-refractivity contribution in [3.8, 4) is 0 Å². The van der Waals surface area contributed by atoms with Gasteiger partial charge in [0.25, 0.3) is 0 Å². The molecule has 0 aliphatic heterocycles. The van der Waals surface area contributed by atoms with Crippen LogP contribution in [0.1, 0.15) is 19.4 Å². The number of benzene rings is 1. The maximum atomic E-state index is 13.4. The summed E-state index contributed by atoms with van der Waals surface area (Å²) in [5.41, 5.74) is 0.772. The summed E-state index contributed by atoms with van der Waals surface area (Å²) in [7, 11) is 1.83. The molecule has 1 aromatic carbocycles. The van der Waals surface area contributed by atoms with Crippen molar-refractivity contribution in [1.82, 2.24) is 5.32 Å². The summed E-state index contributed by atoms with van der Waals surface area (Å²) in [5, 5.41) is 3.46. The fourth-order valence-corrected chi connectivity index (χ4v) is 2.23. The van der Waals surface area contributed by atoms with Gasteiger partial charge < -0.3 is 5.32 Å². The molecule has 0 amide bonds. The van der Waals surface area contributed by atoms with Crippen LogP contribution in [0.2, 0.25) is 0 Å². The van der Waals surface area contributed by atoms with Gasteiger partial charge in [-0.2, -0.15) is 0 Å². The number of thioether (sulfide) groups is 1. The van der Waals surface area contributed by atoms with Crippen molar-refractivity contribution in [3.05, 3.63) is 29.6 Å². The van der Waals surface area contributed by atoms with Crippen molar-refractivity contribution in [2.75, 3.05) is 7.05 Å². The van der Waals surface area contributed by atoms with Crippen molar-refractivity contribution in [3.63, 3.8) is 0 Å². The maximum absolute atomic E-state index is 13.4. The molecule has 0 saturated carbocycles. The van der Waals surface area contributed by atoms with Crippen LogP contribution in [0.5, 0.6) is 0 Å². The second-order valence-electron chi connectivity index (χ2n) is 3.41. The number of hydrogen-bond donors (Lipinski definition) is 1. The lowest BCUT2D eigenvalue weighted by Crippen LogP contribution is -2.08. The van der Waals surface area contributed by atoms with Crippen LogP contribution < -0.4 is 5.32 Å². The second kappa shape index (κ2) is 5.37. The molecule has 1 aromatic rings. The zero-order valence-corrected chi connectivity index (χ0v) is 9.62. The minimum atomic E-state index is -0.120. The van der Waals surface area contributed by atoms with Gasteiger partial charge in [-0.25, -0.2) is 4.39 Å². The summed E-state index contributed by atoms with van der Waals surface area (Å²) < 4.78 is 13.4. The first kappa shape index (κ1) is 11.5. The van der Waals surface area contributed by atoms with Crippen LogP contribution in [-0.4, -0.2) is 12.3 Å². The number of rotatable bonds is 4. The topological polar surface area (TPSA) is 12.0 Å². The second-order valence-corrected chi connectivity index (χ2v) is 5.03. The monoisotopic (exact) mass is 213 g/mol. The smallest absolute Gasteiger partial charge is 0.128 e. The molecule has 0 spiro atoms. The lowest BCUT2D eigenvalue weighted by molar-refractivity contribution is 0.593. The Morgan fingerprint density at radius 2 is 2.14 bits per heavy atom. The van der Waals surface area contributed by atoms with Gasteiger partial charge in [0.15, 0.2) is 0 Å². The molecule has 0 aromatic heterocycles. The van der Waals surface area contributed by atoms with Gasteiger partial charge in [0.2, 0.25) is 0 Å². The van der Waals surface area contributed by atoms with E-state index in [0.29, 0.717) is 11.8 Å². The van der Waals surface area contributed by atoms with E-state index in [-0.39, 0.29) is 5.82 Å². The van der Waals surface area contributed by atoms with Gasteiger partial charge in [-0.05, 0) is 19.2 Å². The largest absolute Gasteiger partial charge is 0.316 e. The molecule has 1 rings (SSSR count). The Hall–Kier alpha value is -0.540. The molecule has 1 nitrogen and oxygen atoms in total. The molecule has 0 radical (unpaired) electrons. The highest BCUT2D eigenvalue weighted by Crippen LogP contribution is 2.28. The zero-order chi connectivity index (χ0) is 10.6. The van der Waals surface area contributed by atoms with Crippen LogP contribution >= 0.6 is 11.8 Å². The number of hydrogen-bond acceptors (Lipinski definition) is 2. The third-order valence-electron chi connectivity index (χ3n) is 1.79. The Kier molecular flexibility index (Phi) is 4.42. The van der Waals surface area contributed by atoms with E-state index in [9.17, 15) is 4.39 Å². The zero-order valence-electron chi connectivity index (χ0n) is 8.80. The highest BCUT2D eigenvalue weighted by atomic mass is 32.2. The Morgan fingerprint density at radius 3 is 2.71 bits per heavy atom. The third kappa shape index (κ3) is 3.00. The molecule has 78 valence electrons. The Bertz CT molecular complexity index is 299. The molecule has 0 bridgehead atoms. The van der Waals surface area contributed by atoms with Crippen LogP contribution in [0.4, 0.5) is 4.39 Å². The Morgan fingerprint density at radius 1 is 1.43 bits per heavy atom. The van der Waals surface area contributed by atoms with Gasteiger partial charge in [0, 0.05) is 22.3 Å². The molecule has 0 aliphatic rings. The minimum absolute atomic E-state index is 0.120. The van der Waals surface area contributed by atoms with Gasteiger partial charge in [-0.1, -0.05) is 19.9 Å². The number of halogens is 1. The Labute approximate surface area is 89.1 Å². The van der Waals surface area contributed by atoms with E-state index in [4.69, 9.17) is 0 Å². The van der Waals surface area contributed by atoms with E-state index in [1.807, 2.05) is 13.1 Å². The summed E-state index contributed by atoms with van der Waals surface area (Å²) in [4.78, 5) is 1.04. The van der Waals surface area contributed by atoms with Crippen molar-refractivity contribution in [2.45, 2.75) is 30.5 Å². The predicted octanol–water partition coefficient (Wildman–Crippen LogP) is 3.05. The van der Waals surface area contributed by atoms with E-state index in [0.717, 1.165) is 10.5 Å². The molecular weight excluding hydrogens is 197 g/mol. The summed E-state index contributed by atoms with van der Waals surface area (Å²) in [5.74, 6) is -0.120. The van der Waals surface area contributed by atoms with Crippen molar-refractivity contribution < 1.29 is 4.39 Å². The molecule has 0 unspecified atom stereocenters. The van der Waals surface area contributed by atoms with Gasteiger partial charge in [-0.3, -0.25) is 0 Å². The van der Waals surface area contributed by atoms with E-state index in [1.54, 1.807) is 17.8 Å². The molecule has 3 heteroatoms. The van der Waals surface area contributed by atoms with Crippen LogP contribution in [0.15, 0.2) is 23.1 Å². The summed E-state index contributed by atoms with van der Waals surface area (Å²) in [6.07, 6.45) is 0. The van der Waals surface area contributed by atoms with Gasteiger partial charge in [0.05, 0.1) is 0 Å². The quantitative estimate of drug-likeness (QED) is 0.771. The summed E-state index contributed by atoms with van der Waals surface area (Å²) in [6.45, 7) is 4.80. The van der Waals surface area contributed by atoms with Crippen LogP contribution in [0.3, 0.4) is 0 Å². The van der Waals surface area contributed by atoms with Crippen LogP contribution in [0.25, 0.3) is 0 Å². The summed E-state index contributed by atoms with van der Waals surface area (Å²) >= 11 is 1.70. The molecule has 0 aliphatic carbocycles. The molecule has 0 atom stereocenters. The SMILES string of the molecule is CNCc1c(F)cccc1SC(C)C. The first-order valence-corrected chi connectivity index (χ1v) is 5.61. The van der Waals surface area contributed by atoms with E-state index < -0.39 is 0 Å². The fourth-order valence-electron chi connectivity index (χ4n) is 1.25. The third-order valence-corrected chi connectivity index (χ3v) is 2.90. The fraction of sp³-hybridized carbons (Fsp3) is 0.455. The van der Waals surface area contributed by atoms with Crippen molar-refractivity contribution >= 4 is 11.8 Å². The van der Waals surface area contributed by atoms with E-state index in [2.05, 4.69) is 19.2 Å². The number of nitrogens with one attached hydrogen (secondary N) is 1. The minimum Gasteiger partial charge on any atom is -0.316 e. The van der Waals surface area contributed by atoms with E-state index >= 15 is 0 Å².